The van der Waals surface area contributed by atoms with Crippen LogP contribution in [0.3, 0.4) is 0 Å². The van der Waals surface area contributed by atoms with E-state index in [4.69, 9.17) is 4.74 Å². The number of amides is 1. The van der Waals surface area contributed by atoms with Crippen LogP contribution in [-0.2, 0) is 11.2 Å². The van der Waals surface area contributed by atoms with Crippen LogP contribution < -0.4 is 0 Å². The molecule has 1 saturated heterocycles. The smallest absolute Gasteiger partial charge is 0.352 e. The van der Waals surface area contributed by atoms with Crippen molar-refractivity contribution in [1.29, 1.82) is 0 Å². The topological polar surface area (TPSA) is 85.9 Å². The van der Waals surface area contributed by atoms with Crippen molar-refractivity contribution in [2.24, 2.45) is 0 Å². The summed E-state index contributed by atoms with van der Waals surface area (Å²) in [6.07, 6.45) is 1.56. The lowest BCUT2D eigenvalue weighted by molar-refractivity contribution is 0.0326. The Balaban J connectivity index is 1.74. The van der Waals surface area contributed by atoms with Gasteiger partial charge in [0.2, 0.25) is 0 Å². The van der Waals surface area contributed by atoms with Crippen LogP contribution in [-0.4, -0.2) is 77.7 Å². The van der Waals surface area contributed by atoms with E-state index < -0.39 is 5.97 Å². The average molecular weight is 321 g/mol. The first-order valence-corrected chi connectivity index (χ1v) is 8.12. The van der Waals surface area contributed by atoms with Gasteiger partial charge in [0, 0.05) is 38.4 Å². The van der Waals surface area contributed by atoms with E-state index in [1.165, 1.54) is 0 Å². The fraction of sp³-hybridized carbons (Fsp3) is 0.625. The highest BCUT2D eigenvalue weighted by molar-refractivity contribution is 6.01. The number of hydrogen-bond donors (Lipinski definition) is 2. The van der Waals surface area contributed by atoms with Crippen LogP contribution in [0.5, 0.6) is 0 Å². The number of ether oxygens (including phenoxy) is 1. The molecule has 1 fully saturated rings. The minimum Gasteiger partial charge on any atom is -0.477 e. The van der Waals surface area contributed by atoms with Crippen molar-refractivity contribution < 1.29 is 19.4 Å². The van der Waals surface area contributed by atoms with Crippen molar-refractivity contribution in [3.05, 3.63) is 22.5 Å². The van der Waals surface area contributed by atoms with Gasteiger partial charge >= 0.3 is 5.97 Å². The summed E-state index contributed by atoms with van der Waals surface area (Å²) in [7, 11) is 0. The quantitative estimate of drug-likeness (QED) is 0.854. The van der Waals surface area contributed by atoms with E-state index in [2.05, 4.69) is 9.88 Å². The van der Waals surface area contributed by atoms with Gasteiger partial charge in [0.25, 0.3) is 5.91 Å². The predicted octanol–water partition coefficient (Wildman–Crippen LogP) is 0.742. The molecule has 0 radical (unpaired) electrons. The number of hydrogen-bond acceptors (Lipinski definition) is 4. The SMILES string of the molecule is Cc1c(C(=O)O)[nH]c2c1C(=O)N(CCN1CCOCC1)CCC2. The summed E-state index contributed by atoms with van der Waals surface area (Å²) in [5.41, 5.74) is 2.01. The van der Waals surface area contributed by atoms with E-state index in [0.29, 0.717) is 30.6 Å². The molecule has 0 aliphatic carbocycles. The van der Waals surface area contributed by atoms with Gasteiger partial charge in [-0.2, -0.15) is 0 Å². The van der Waals surface area contributed by atoms with Gasteiger partial charge in [-0.3, -0.25) is 9.69 Å². The lowest BCUT2D eigenvalue weighted by atomic mass is 10.1. The summed E-state index contributed by atoms with van der Waals surface area (Å²) in [6, 6.07) is 0. The van der Waals surface area contributed by atoms with Crippen molar-refractivity contribution in [2.45, 2.75) is 19.8 Å². The Labute approximate surface area is 135 Å². The van der Waals surface area contributed by atoms with Gasteiger partial charge in [0.15, 0.2) is 0 Å². The number of carboxylic acids is 1. The summed E-state index contributed by atoms with van der Waals surface area (Å²) < 4.78 is 5.34. The maximum absolute atomic E-state index is 12.8. The Bertz CT molecular complexity index is 605. The van der Waals surface area contributed by atoms with E-state index in [-0.39, 0.29) is 11.6 Å². The Morgan fingerprint density at radius 2 is 2.00 bits per heavy atom. The second-order valence-corrected chi connectivity index (χ2v) is 6.13. The van der Waals surface area contributed by atoms with Gasteiger partial charge in [-0.25, -0.2) is 4.79 Å². The van der Waals surface area contributed by atoms with Crippen LogP contribution in [0.25, 0.3) is 0 Å². The molecule has 2 aliphatic rings. The molecule has 7 heteroatoms. The molecule has 0 spiro atoms. The number of nitrogens with zero attached hydrogens (tertiary/aromatic N) is 2. The predicted molar refractivity (Wildman–Crippen MR) is 84.0 cm³/mol. The van der Waals surface area contributed by atoms with Crippen LogP contribution in [0, 0.1) is 6.92 Å². The summed E-state index contributed by atoms with van der Waals surface area (Å²) in [5.74, 6) is -1.06. The third-order valence-corrected chi connectivity index (χ3v) is 4.69. The van der Waals surface area contributed by atoms with Crippen LogP contribution in [0.2, 0.25) is 0 Å². The number of H-pyrrole nitrogens is 1. The lowest BCUT2D eigenvalue weighted by Gasteiger charge is -2.29. The molecule has 7 nitrogen and oxygen atoms in total. The summed E-state index contributed by atoms with van der Waals surface area (Å²) in [4.78, 5) is 31.2. The van der Waals surface area contributed by atoms with Gasteiger partial charge in [0.1, 0.15) is 5.69 Å². The van der Waals surface area contributed by atoms with E-state index in [0.717, 1.165) is 45.0 Å². The molecule has 23 heavy (non-hydrogen) atoms. The molecule has 3 rings (SSSR count). The minimum atomic E-state index is -1.01. The number of carbonyl (C=O) groups excluding carboxylic acids is 1. The van der Waals surface area contributed by atoms with Crippen molar-refractivity contribution >= 4 is 11.9 Å². The minimum absolute atomic E-state index is 0.0491. The fourth-order valence-corrected chi connectivity index (χ4v) is 3.36. The Kier molecular flexibility index (Phi) is 4.68. The van der Waals surface area contributed by atoms with E-state index in [1.807, 2.05) is 4.90 Å². The first-order valence-electron chi connectivity index (χ1n) is 8.12. The molecule has 1 aromatic heterocycles. The molecule has 0 saturated carbocycles. The maximum Gasteiger partial charge on any atom is 0.352 e. The summed E-state index contributed by atoms with van der Waals surface area (Å²) in [5, 5.41) is 9.24. The molecule has 0 unspecified atom stereocenters. The molecule has 0 atom stereocenters. The lowest BCUT2D eigenvalue weighted by Crippen LogP contribution is -2.43. The summed E-state index contributed by atoms with van der Waals surface area (Å²) >= 11 is 0. The molecular formula is C16H23N3O4. The second-order valence-electron chi connectivity index (χ2n) is 6.13. The highest BCUT2D eigenvalue weighted by atomic mass is 16.5. The molecule has 0 aromatic carbocycles. The Morgan fingerprint density at radius 3 is 2.70 bits per heavy atom. The van der Waals surface area contributed by atoms with Gasteiger partial charge in [-0.1, -0.05) is 0 Å². The number of aromatic amines is 1. The van der Waals surface area contributed by atoms with Crippen LogP contribution in [0.4, 0.5) is 0 Å². The normalized spacial score (nSPS) is 19.5. The molecule has 1 amide bonds. The third kappa shape index (κ3) is 3.25. The first-order chi connectivity index (χ1) is 11.1. The molecular weight excluding hydrogens is 298 g/mol. The summed E-state index contributed by atoms with van der Waals surface area (Å²) in [6.45, 7) is 7.23. The largest absolute Gasteiger partial charge is 0.477 e. The zero-order chi connectivity index (χ0) is 16.4. The van der Waals surface area contributed by atoms with Gasteiger partial charge in [-0.15, -0.1) is 0 Å². The van der Waals surface area contributed by atoms with Crippen LogP contribution in [0.15, 0.2) is 0 Å². The zero-order valence-electron chi connectivity index (χ0n) is 13.4. The van der Waals surface area contributed by atoms with Gasteiger partial charge in [0.05, 0.1) is 18.8 Å². The van der Waals surface area contributed by atoms with E-state index in [9.17, 15) is 14.7 Å². The second kappa shape index (κ2) is 6.72. The Morgan fingerprint density at radius 1 is 1.26 bits per heavy atom. The number of aromatic carboxylic acids is 1. The van der Waals surface area contributed by atoms with Crippen molar-refractivity contribution in [2.75, 3.05) is 45.9 Å². The first kappa shape index (κ1) is 16.0. The number of carbonyl (C=O) groups is 2. The number of aryl methyl sites for hydroxylation is 1. The highest BCUT2D eigenvalue weighted by Gasteiger charge is 2.29. The number of aromatic nitrogens is 1. The monoisotopic (exact) mass is 321 g/mol. The molecule has 2 aliphatic heterocycles. The molecule has 3 heterocycles. The molecule has 126 valence electrons. The standard InChI is InChI=1S/C16H23N3O4/c1-11-13-12(17-14(11)16(21)22)3-2-4-19(15(13)20)6-5-18-7-9-23-10-8-18/h17H,2-10H2,1H3,(H,21,22). The zero-order valence-corrected chi connectivity index (χ0v) is 13.4. The molecule has 0 bridgehead atoms. The van der Waals surface area contributed by atoms with E-state index >= 15 is 0 Å². The number of rotatable bonds is 4. The van der Waals surface area contributed by atoms with Gasteiger partial charge < -0.3 is 19.7 Å². The van der Waals surface area contributed by atoms with Crippen LogP contribution in [0.1, 0.15) is 38.5 Å². The number of fused-ring (bicyclic) bond motifs is 1. The number of carboxylic acid groups (broad SMARTS) is 1. The highest BCUT2D eigenvalue weighted by Crippen LogP contribution is 2.24. The number of morpholine rings is 1. The van der Waals surface area contributed by atoms with Crippen molar-refractivity contribution in [3.8, 4) is 0 Å². The van der Waals surface area contributed by atoms with Crippen molar-refractivity contribution in [3.63, 3.8) is 0 Å². The van der Waals surface area contributed by atoms with Gasteiger partial charge in [-0.05, 0) is 25.3 Å². The number of nitrogens with one attached hydrogen (secondary N) is 1. The van der Waals surface area contributed by atoms with Crippen LogP contribution >= 0.6 is 0 Å². The van der Waals surface area contributed by atoms with Crippen molar-refractivity contribution in [1.82, 2.24) is 14.8 Å². The van der Waals surface area contributed by atoms with E-state index in [1.54, 1.807) is 6.92 Å². The third-order valence-electron chi connectivity index (χ3n) is 4.69. The maximum atomic E-state index is 12.8. The Hall–Kier alpha value is -1.86. The molecule has 1 aromatic rings. The average Bonchev–Trinajstić information content (AvgIpc) is 2.78. The fourth-order valence-electron chi connectivity index (χ4n) is 3.36. The molecule has 2 N–H and O–H groups in total.